The number of ether oxygens (including phenoxy) is 1. The van der Waals surface area contributed by atoms with Crippen molar-refractivity contribution in [1.82, 2.24) is 15.0 Å². The van der Waals surface area contributed by atoms with E-state index < -0.39 is 0 Å². The molecule has 0 aliphatic rings. The number of hydrogen-bond acceptors (Lipinski definition) is 6. The SMILES string of the molecule is CCC(C)Sc1nc(N)nc(OC)n1. The molecule has 0 bridgehead atoms. The Kier molecular flexibility index (Phi) is 3.94. The minimum atomic E-state index is 0.197. The van der Waals surface area contributed by atoms with Crippen molar-refractivity contribution in [3.8, 4) is 6.01 Å². The zero-order valence-corrected chi connectivity index (χ0v) is 9.34. The summed E-state index contributed by atoms with van der Waals surface area (Å²) in [5, 5.41) is 1.07. The van der Waals surface area contributed by atoms with Crippen molar-refractivity contribution < 1.29 is 4.74 Å². The summed E-state index contributed by atoms with van der Waals surface area (Å²) in [4.78, 5) is 11.9. The number of nitrogen functional groups attached to an aromatic ring is 1. The van der Waals surface area contributed by atoms with Crippen LogP contribution in [0.2, 0.25) is 0 Å². The van der Waals surface area contributed by atoms with E-state index in [0.717, 1.165) is 6.42 Å². The summed E-state index contributed by atoms with van der Waals surface area (Å²) < 4.78 is 4.90. The van der Waals surface area contributed by atoms with E-state index >= 15 is 0 Å². The van der Waals surface area contributed by atoms with E-state index in [4.69, 9.17) is 10.5 Å². The second kappa shape index (κ2) is 4.99. The van der Waals surface area contributed by atoms with Gasteiger partial charge in [0, 0.05) is 5.25 Å². The molecule has 1 aromatic rings. The molecule has 6 heteroatoms. The van der Waals surface area contributed by atoms with E-state index in [-0.39, 0.29) is 12.0 Å². The van der Waals surface area contributed by atoms with Crippen molar-refractivity contribution in [1.29, 1.82) is 0 Å². The van der Waals surface area contributed by atoms with Gasteiger partial charge in [0.15, 0.2) is 5.16 Å². The predicted octanol–water partition coefficient (Wildman–Crippen LogP) is 1.35. The van der Waals surface area contributed by atoms with Gasteiger partial charge in [0.2, 0.25) is 5.95 Å². The van der Waals surface area contributed by atoms with Crippen LogP contribution in [0.1, 0.15) is 20.3 Å². The third-order valence-corrected chi connectivity index (χ3v) is 2.80. The summed E-state index contributed by atoms with van der Waals surface area (Å²) >= 11 is 1.57. The Morgan fingerprint density at radius 1 is 1.43 bits per heavy atom. The molecule has 0 fully saturated rings. The van der Waals surface area contributed by atoms with Gasteiger partial charge in [-0.25, -0.2) is 0 Å². The van der Waals surface area contributed by atoms with Crippen molar-refractivity contribution in [3.05, 3.63) is 0 Å². The zero-order valence-electron chi connectivity index (χ0n) is 8.52. The third-order valence-electron chi connectivity index (χ3n) is 1.68. The van der Waals surface area contributed by atoms with Gasteiger partial charge in [-0.05, 0) is 6.42 Å². The Balaban J connectivity index is 2.81. The summed E-state index contributed by atoms with van der Waals surface area (Å²) in [6, 6.07) is 0.267. The molecule has 0 aliphatic carbocycles. The van der Waals surface area contributed by atoms with Gasteiger partial charge in [-0.3, -0.25) is 0 Å². The number of methoxy groups -OCH3 is 1. The number of hydrogen-bond donors (Lipinski definition) is 1. The van der Waals surface area contributed by atoms with Gasteiger partial charge in [-0.15, -0.1) is 0 Å². The fraction of sp³-hybridized carbons (Fsp3) is 0.625. The molecule has 0 aliphatic heterocycles. The van der Waals surface area contributed by atoms with Gasteiger partial charge < -0.3 is 10.5 Å². The molecule has 1 atom stereocenters. The van der Waals surface area contributed by atoms with Crippen LogP contribution >= 0.6 is 11.8 Å². The van der Waals surface area contributed by atoms with E-state index in [2.05, 4.69) is 28.8 Å². The molecular formula is C8H14N4OS. The monoisotopic (exact) mass is 214 g/mol. The standard InChI is InChI=1S/C8H14N4OS/c1-4-5(2)14-8-11-6(9)10-7(12-8)13-3/h5H,4H2,1-3H3,(H2,9,10,11,12). The minimum absolute atomic E-state index is 0.197. The molecule has 0 spiro atoms. The molecule has 1 heterocycles. The first kappa shape index (κ1) is 11.0. The first-order valence-corrected chi connectivity index (χ1v) is 5.25. The van der Waals surface area contributed by atoms with E-state index in [9.17, 15) is 0 Å². The summed E-state index contributed by atoms with van der Waals surface area (Å²) in [7, 11) is 1.51. The average molecular weight is 214 g/mol. The van der Waals surface area contributed by atoms with Gasteiger partial charge >= 0.3 is 6.01 Å². The van der Waals surface area contributed by atoms with E-state index in [1.807, 2.05) is 0 Å². The number of thioether (sulfide) groups is 1. The summed E-state index contributed by atoms with van der Waals surface area (Å²) in [5.74, 6) is 0.197. The Morgan fingerprint density at radius 2 is 2.14 bits per heavy atom. The Morgan fingerprint density at radius 3 is 2.71 bits per heavy atom. The van der Waals surface area contributed by atoms with Crippen molar-refractivity contribution in [2.45, 2.75) is 30.7 Å². The lowest BCUT2D eigenvalue weighted by Gasteiger charge is -2.07. The lowest BCUT2D eigenvalue weighted by molar-refractivity contribution is 0.374. The number of aromatic nitrogens is 3. The molecule has 0 radical (unpaired) electrons. The lowest BCUT2D eigenvalue weighted by Crippen LogP contribution is -2.04. The molecule has 14 heavy (non-hydrogen) atoms. The van der Waals surface area contributed by atoms with Crippen molar-refractivity contribution in [3.63, 3.8) is 0 Å². The number of rotatable bonds is 4. The molecule has 2 N–H and O–H groups in total. The topological polar surface area (TPSA) is 73.9 Å². The molecule has 5 nitrogen and oxygen atoms in total. The maximum Gasteiger partial charge on any atom is 0.321 e. The van der Waals surface area contributed by atoms with E-state index in [1.54, 1.807) is 11.8 Å². The van der Waals surface area contributed by atoms with Crippen LogP contribution in [0, 0.1) is 0 Å². The van der Waals surface area contributed by atoms with E-state index in [1.165, 1.54) is 7.11 Å². The van der Waals surface area contributed by atoms with Crippen LogP contribution < -0.4 is 10.5 Å². The van der Waals surface area contributed by atoms with Crippen molar-refractivity contribution in [2.75, 3.05) is 12.8 Å². The quantitative estimate of drug-likeness (QED) is 0.763. The maximum atomic E-state index is 5.50. The highest BCUT2D eigenvalue weighted by molar-refractivity contribution is 7.99. The average Bonchev–Trinajstić information content (AvgIpc) is 2.16. The summed E-state index contributed by atoms with van der Waals surface area (Å²) in [5.41, 5.74) is 5.50. The number of nitrogens with zero attached hydrogens (tertiary/aromatic N) is 3. The second-order valence-corrected chi connectivity index (χ2v) is 4.21. The smallest absolute Gasteiger partial charge is 0.321 e. The summed E-state index contributed by atoms with van der Waals surface area (Å²) in [6.07, 6.45) is 1.05. The fourth-order valence-electron chi connectivity index (χ4n) is 0.760. The number of anilines is 1. The van der Waals surface area contributed by atoms with Crippen LogP contribution in [0.25, 0.3) is 0 Å². The van der Waals surface area contributed by atoms with Crippen molar-refractivity contribution in [2.24, 2.45) is 0 Å². The Labute approximate surface area is 87.5 Å². The molecule has 1 rings (SSSR count). The highest BCUT2D eigenvalue weighted by Crippen LogP contribution is 2.22. The van der Waals surface area contributed by atoms with Gasteiger partial charge in [-0.1, -0.05) is 25.6 Å². The molecule has 1 unspecified atom stereocenters. The molecule has 0 amide bonds. The van der Waals surface area contributed by atoms with Gasteiger partial charge in [0.1, 0.15) is 0 Å². The van der Waals surface area contributed by atoms with Gasteiger partial charge in [0.05, 0.1) is 7.11 Å². The first-order chi connectivity index (χ1) is 6.65. The Bertz CT molecular complexity index is 307. The van der Waals surface area contributed by atoms with E-state index in [0.29, 0.717) is 10.4 Å². The first-order valence-electron chi connectivity index (χ1n) is 4.38. The molecule has 0 aromatic carbocycles. The maximum absolute atomic E-state index is 5.50. The highest BCUT2D eigenvalue weighted by atomic mass is 32.2. The Hall–Kier alpha value is -1.04. The van der Waals surface area contributed by atoms with Crippen LogP contribution in [0.15, 0.2) is 5.16 Å². The third kappa shape index (κ3) is 3.02. The summed E-state index contributed by atoms with van der Waals surface area (Å²) in [6.45, 7) is 4.22. The van der Waals surface area contributed by atoms with Crippen LogP contribution in [-0.4, -0.2) is 27.3 Å². The molecule has 0 saturated heterocycles. The largest absolute Gasteiger partial charge is 0.467 e. The highest BCUT2D eigenvalue weighted by Gasteiger charge is 2.08. The van der Waals surface area contributed by atoms with Gasteiger partial charge in [0.25, 0.3) is 0 Å². The zero-order chi connectivity index (χ0) is 10.6. The molecule has 0 saturated carbocycles. The van der Waals surface area contributed by atoms with Gasteiger partial charge in [-0.2, -0.15) is 15.0 Å². The number of nitrogens with two attached hydrogens (primary N) is 1. The normalized spacial score (nSPS) is 12.5. The van der Waals surface area contributed by atoms with Crippen LogP contribution in [0.4, 0.5) is 5.95 Å². The van der Waals surface area contributed by atoms with Crippen LogP contribution in [0.3, 0.4) is 0 Å². The fourth-order valence-corrected chi connectivity index (χ4v) is 1.56. The lowest BCUT2D eigenvalue weighted by atomic mass is 10.4. The van der Waals surface area contributed by atoms with Crippen LogP contribution in [0.5, 0.6) is 6.01 Å². The van der Waals surface area contributed by atoms with Crippen molar-refractivity contribution >= 4 is 17.7 Å². The molecule has 1 aromatic heterocycles. The second-order valence-electron chi connectivity index (χ2n) is 2.80. The molecular weight excluding hydrogens is 200 g/mol. The predicted molar refractivity (Wildman–Crippen MR) is 56.4 cm³/mol. The minimum Gasteiger partial charge on any atom is -0.467 e. The molecule has 78 valence electrons. The van der Waals surface area contributed by atoms with Crippen LogP contribution in [-0.2, 0) is 0 Å².